The van der Waals surface area contributed by atoms with Gasteiger partial charge in [0.1, 0.15) is 0 Å². The summed E-state index contributed by atoms with van der Waals surface area (Å²) < 4.78 is 1.12. The molecule has 3 heteroatoms. The summed E-state index contributed by atoms with van der Waals surface area (Å²) in [7, 11) is 0. The van der Waals surface area contributed by atoms with E-state index >= 15 is 0 Å². The van der Waals surface area contributed by atoms with Crippen molar-refractivity contribution in [3.8, 4) is 0 Å². The molecule has 0 bridgehead atoms. The minimum Gasteiger partial charge on any atom is -0.399 e. The van der Waals surface area contributed by atoms with Gasteiger partial charge in [-0.3, -0.25) is 0 Å². The van der Waals surface area contributed by atoms with E-state index in [-0.39, 0.29) is 0 Å². The second-order valence-electron chi connectivity index (χ2n) is 3.71. The molecule has 2 aromatic carbocycles. The van der Waals surface area contributed by atoms with E-state index in [0.717, 1.165) is 21.5 Å². The molecule has 0 saturated heterocycles. The molecule has 0 fully saturated rings. The summed E-state index contributed by atoms with van der Waals surface area (Å²) in [6, 6.07) is 13.9. The molecule has 0 aliphatic rings. The van der Waals surface area contributed by atoms with Crippen molar-refractivity contribution in [1.82, 2.24) is 0 Å². The molecule has 0 unspecified atom stereocenters. The number of aryl methyl sites for hydroxylation is 1. The Bertz CT molecular complexity index is 492. The Morgan fingerprint density at radius 1 is 1.00 bits per heavy atom. The SMILES string of the molecule is Cc1cc(Nc2ccc(N)cc2)ccc1Br. The molecule has 0 atom stereocenters. The van der Waals surface area contributed by atoms with Gasteiger partial charge >= 0.3 is 0 Å². The van der Waals surface area contributed by atoms with Gasteiger partial charge < -0.3 is 11.1 Å². The van der Waals surface area contributed by atoms with Crippen molar-refractivity contribution < 1.29 is 0 Å². The average molecular weight is 277 g/mol. The molecule has 0 aliphatic carbocycles. The van der Waals surface area contributed by atoms with Crippen molar-refractivity contribution in [3.63, 3.8) is 0 Å². The number of benzene rings is 2. The fourth-order valence-electron chi connectivity index (χ4n) is 1.46. The number of nitrogen functional groups attached to an aromatic ring is 1. The van der Waals surface area contributed by atoms with Gasteiger partial charge in [0.15, 0.2) is 0 Å². The van der Waals surface area contributed by atoms with Crippen molar-refractivity contribution in [1.29, 1.82) is 0 Å². The molecule has 0 radical (unpaired) electrons. The van der Waals surface area contributed by atoms with Gasteiger partial charge in [0.25, 0.3) is 0 Å². The van der Waals surface area contributed by atoms with Crippen LogP contribution in [0.25, 0.3) is 0 Å². The van der Waals surface area contributed by atoms with Crippen molar-refractivity contribution in [3.05, 3.63) is 52.5 Å². The third-order valence-electron chi connectivity index (χ3n) is 2.36. The highest BCUT2D eigenvalue weighted by Crippen LogP contribution is 2.23. The Morgan fingerprint density at radius 3 is 2.25 bits per heavy atom. The molecule has 2 aromatic rings. The third-order valence-corrected chi connectivity index (χ3v) is 3.25. The Kier molecular flexibility index (Phi) is 3.15. The highest BCUT2D eigenvalue weighted by molar-refractivity contribution is 9.10. The molecule has 0 aromatic heterocycles. The van der Waals surface area contributed by atoms with Crippen LogP contribution in [0.5, 0.6) is 0 Å². The standard InChI is InChI=1S/C13H13BrN2/c1-9-8-12(6-7-13(9)14)16-11-4-2-10(15)3-5-11/h2-8,16H,15H2,1H3. The zero-order valence-corrected chi connectivity index (χ0v) is 10.6. The van der Waals surface area contributed by atoms with Crippen LogP contribution >= 0.6 is 15.9 Å². The van der Waals surface area contributed by atoms with Crippen molar-refractivity contribution in [2.75, 3.05) is 11.1 Å². The van der Waals surface area contributed by atoms with Crippen LogP contribution < -0.4 is 11.1 Å². The number of hydrogen-bond acceptors (Lipinski definition) is 2. The second kappa shape index (κ2) is 4.58. The summed E-state index contributed by atoms with van der Waals surface area (Å²) in [5.41, 5.74) is 9.73. The van der Waals surface area contributed by atoms with E-state index in [0.29, 0.717) is 0 Å². The van der Waals surface area contributed by atoms with Crippen LogP contribution in [0.3, 0.4) is 0 Å². The molecule has 82 valence electrons. The third kappa shape index (κ3) is 2.55. The van der Waals surface area contributed by atoms with E-state index in [1.54, 1.807) is 0 Å². The van der Waals surface area contributed by atoms with Crippen molar-refractivity contribution in [2.24, 2.45) is 0 Å². The first kappa shape index (κ1) is 11.0. The lowest BCUT2D eigenvalue weighted by molar-refractivity contribution is 1.42. The van der Waals surface area contributed by atoms with Gasteiger partial charge in [-0.1, -0.05) is 15.9 Å². The molecule has 2 nitrogen and oxygen atoms in total. The normalized spacial score (nSPS) is 10.1. The molecule has 16 heavy (non-hydrogen) atoms. The van der Waals surface area contributed by atoms with Gasteiger partial charge in [-0.05, 0) is 55.0 Å². The fraction of sp³-hybridized carbons (Fsp3) is 0.0769. The number of rotatable bonds is 2. The maximum Gasteiger partial charge on any atom is 0.0387 e. The van der Waals surface area contributed by atoms with Crippen LogP contribution in [0.1, 0.15) is 5.56 Å². The number of anilines is 3. The zero-order chi connectivity index (χ0) is 11.5. The number of halogens is 1. The van der Waals surface area contributed by atoms with Gasteiger partial charge in [-0.25, -0.2) is 0 Å². The Morgan fingerprint density at radius 2 is 1.62 bits per heavy atom. The van der Waals surface area contributed by atoms with Gasteiger partial charge in [-0.2, -0.15) is 0 Å². The lowest BCUT2D eigenvalue weighted by Crippen LogP contribution is -1.91. The lowest BCUT2D eigenvalue weighted by Gasteiger charge is -2.08. The first-order chi connectivity index (χ1) is 7.65. The Hall–Kier alpha value is -1.48. The molecular weight excluding hydrogens is 264 g/mol. The van der Waals surface area contributed by atoms with Crippen LogP contribution in [0.15, 0.2) is 46.9 Å². The second-order valence-corrected chi connectivity index (χ2v) is 4.57. The first-order valence-electron chi connectivity index (χ1n) is 5.04. The van der Waals surface area contributed by atoms with Crippen LogP contribution in [-0.4, -0.2) is 0 Å². The predicted molar refractivity (Wildman–Crippen MR) is 73.0 cm³/mol. The van der Waals surface area contributed by atoms with Crippen LogP contribution in [-0.2, 0) is 0 Å². The van der Waals surface area contributed by atoms with Crippen molar-refractivity contribution >= 4 is 33.0 Å². The summed E-state index contributed by atoms with van der Waals surface area (Å²) in [5.74, 6) is 0. The van der Waals surface area contributed by atoms with Crippen LogP contribution in [0.4, 0.5) is 17.1 Å². The Labute approximate surface area is 104 Å². The molecule has 0 spiro atoms. The maximum absolute atomic E-state index is 5.63. The summed E-state index contributed by atoms with van der Waals surface area (Å²) in [4.78, 5) is 0. The molecule has 2 rings (SSSR count). The smallest absolute Gasteiger partial charge is 0.0387 e. The summed E-state index contributed by atoms with van der Waals surface area (Å²) in [6.07, 6.45) is 0. The largest absolute Gasteiger partial charge is 0.399 e. The molecule has 3 N–H and O–H groups in total. The molecule has 0 aliphatic heterocycles. The molecule has 0 heterocycles. The highest BCUT2D eigenvalue weighted by Gasteiger charge is 1.98. The molecule has 0 amide bonds. The fourth-order valence-corrected chi connectivity index (χ4v) is 1.70. The van der Waals surface area contributed by atoms with E-state index in [4.69, 9.17) is 5.73 Å². The van der Waals surface area contributed by atoms with E-state index < -0.39 is 0 Å². The van der Waals surface area contributed by atoms with Gasteiger partial charge in [-0.15, -0.1) is 0 Å². The zero-order valence-electron chi connectivity index (χ0n) is 9.00. The topological polar surface area (TPSA) is 38.0 Å². The van der Waals surface area contributed by atoms with Crippen LogP contribution in [0, 0.1) is 6.92 Å². The predicted octanol–water partition coefficient (Wildman–Crippen LogP) is 4.08. The van der Waals surface area contributed by atoms with Gasteiger partial charge in [0, 0.05) is 21.5 Å². The number of hydrogen-bond donors (Lipinski definition) is 2. The number of nitrogens with one attached hydrogen (secondary N) is 1. The minimum absolute atomic E-state index is 0.775. The first-order valence-corrected chi connectivity index (χ1v) is 5.83. The molecular formula is C13H13BrN2. The monoisotopic (exact) mass is 276 g/mol. The number of nitrogens with two attached hydrogens (primary N) is 1. The molecule has 0 saturated carbocycles. The van der Waals surface area contributed by atoms with Gasteiger partial charge in [0.05, 0.1) is 0 Å². The maximum atomic E-state index is 5.63. The van der Waals surface area contributed by atoms with E-state index in [1.807, 2.05) is 36.4 Å². The summed E-state index contributed by atoms with van der Waals surface area (Å²) in [6.45, 7) is 2.07. The average Bonchev–Trinajstić information content (AvgIpc) is 2.27. The van der Waals surface area contributed by atoms with E-state index in [2.05, 4.69) is 34.2 Å². The van der Waals surface area contributed by atoms with Gasteiger partial charge in [0.2, 0.25) is 0 Å². The Balaban J connectivity index is 2.20. The summed E-state index contributed by atoms with van der Waals surface area (Å²) in [5, 5.41) is 3.32. The van der Waals surface area contributed by atoms with Crippen LogP contribution in [0.2, 0.25) is 0 Å². The summed E-state index contributed by atoms with van der Waals surface area (Å²) >= 11 is 3.48. The van der Waals surface area contributed by atoms with E-state index in [9.17, 15) is 0 Å². The lowest BCUT2D eigenvalue weighted by atomic mass is 10.2. The minimum atomic E-state index is 0.775. The van der Waals surface area contributed by atoms with E-state index in [1.165, 1.54) is 5.56 Å². The quantitative estimate of drug-likeness (QED) is 0.811. The van der Waals surface area contributed by atoms with Crippen molar-refractivity contribution in [2.45, 2.75) is 6.92 Å². The highest BCUT2D eigenvalue weighted by atomic mass is 79.9.